The van der Waals surface area contributed by atoms with Gasteiger partial charge in [-0.25, -0.2) is 0 Å². The molecule has 1 amide bonds. The molecule has 12 N–H and O–H groups in total. The summed E-state index contributed by atoms with van der Waals surface area (Å²) in [6, 6.07) is -0.983. The van der Waals surface area contributed by atoms with E-state index in [1.165, 1.54) is 148 Å². The molecule has 3 fully saturated rings. The zero-order chi connectivity index (χ0) is 57.6. The minimum absolute atomic E-state index is 0.239. The molecule has 464 valence electrons. The zero-order valence-electron chi connectivity index (χ0n) is 48.4. The molecule has 3 saturated heterocycles. The summed E-state index contributed by atoms with van der Waals surface area (Å²) in [4.78, 5) is 13.3. The fourth-order valence-electron chi connectivity index (χ4n) is 10.6. The predicted molar refractivity (Wildman–Crippen MR) is 300 cm³/mol. The summed E-state index contributed by atoms with van der Waals surface area (Å²) in [7, 11) is 0. The maximum atomic E-state index is 13.3. The van der Waals surface area contributed by atoms with Gasteiger partial charge in [-0.15, -0.1) is 0 Å². The molecule has 0 aromatic rings. The molecule has 19 heteroatoms. The highest BCUT2D eigenvalue weighted by Crippen LogP contribution is 2.33. The summed E-state index contributed by atoms with van der Waals surface area (Å²) in [6.07, 6.45) is 19.5. The van der Waals surface area contributed by atoms with Crippen molar-refractivity contribution in [3.63, 3.8) is 0 Å². The standard InChI is InChI=1S/C60H111NO18/c1-3-5-7-9-11-12-13-14-15-16-17-18-19-20-21-22-23-24-25-26-27-28-29-30-32-34-36-38-48(66)61-43(44(65)37-35-33-31-10-8-6-4-2)42-74-58-54(72)51(69)56(46(40-63)76-58)79-60-55(73)52(70)57(47(41-64)77-60)78-59-53(71)50(68)49(67)45(39-62)75-59/h8,10,35,37,43-47,49-60,62-65,67-73H,3-7,9,11-34,36,38-42H2,1-2H3,(H,61,66)/b10-8+,37-35+. The first-order chi connectivity index (χ1) is 38.3. The van der Waals surface area contributed by atoms with E-state index in [4.69, 9.17) is 28.4 Å². The molecule has 0 saturated carbocycles. The lowest BCUT2D eigenvalue weighted by Gasteiger charge is -2.48. The van der Waals surface area contributed by atoms with Gasteiger partial charge in [0.25, 0.3) is 0 Å². The Morgan fingerprint density at radius 1 is 0.443 bits per heavy atom. The van der Waals surface area contributed by atoms with Gasteiger partial charge >= 0.3 is 0 Å². The SMILES string of the molecule is CCC/C=C/CC/C=C/C(O)C(COC1OC(CO)C(OC2OC(CO)C(OC3OC(CO)C(O)C(O)C3O)C(O)C2O)C(O)C1O)NC(=O)CCCCCCCCCCCCCCCCCCCCCCCCCCCCC. The van der Waals surface area contributed by atoms with Gasteiger partial charge in [-0.2, -0.15) is 0 Å². The van der Waals surface area contributed by atoms with Crippen molar-refractivity contribution >= 4 is 5.91 Å². The Labute approximate surface area is 473 Å². The second kappa shape index (κ2) is 43.8. The van der Waals surface area contributed by atoms with E-state index in [1.54, 1.807) is 6.08 Å². The highest BCUT2D eigenvalue weighted by Gasteiger charge is 2.53. The first-order valence-corrected chi connectivity index (χ1v) is 31.1. The Hall–Kier alpha value is -1.73. The third-order valence-corrected chi connectivity index (χ3v) is 15.7. The molecule has 19 nitrogen and oxygen atoms in total. The topological polar surface area (TPSA) is 307 Å². The second-order valence-electron chi connectivity index (χ2n) is 22.5. The van der Waals surface area contributed by atoms with E-state index in [1.807, 2.05) is 6.08 Å². The van der Waals surface area contributed by atoms with Crippen molar-refractivity contribution in [1.82, 2.24) is 5.32 Å². The second-order valence-corrected chi connectivity index (χ2v) is 22.5. The van der Waals surface area contributed by atoms with Crippen LogP contribution in [0.2, 0.25) is 0 Å². The minimum Gasteiger partial charge on any atom is -0.394 e. The number of unbranched alkanes of at least 4 members (excludes halogenated alkanes) is 28. The summed E-state index contributed by atoms with van der Waals surface area (Å²) < 4.78 is 34.1. The lowest BCUT2D eigenvalue weighted by atomic mass is 9.96. The first-order valence-electron chi connectivity index (χ1n) is 31.1. The molecule has 3 aliphatic rings. The highest BCUT2D eigenvalue weighted by molar-refractivity contribution is 5.76. The molecule has 17 unspecified atom stereocenters. The molecule has 0 spiro atoms. The van der Waals surface area contributed by atoms with Gasteiger partial charge in [-0.3, -0.25) is 4.79 Å². The van der Waals surface area contributed by atoms with Crippen LogP contribution in [0.15, 0.2) is 24.3 Å². The lowest BCUT2D eigenvalue weighted by molar-refractivity contribution is -0.379. The van der Waals surface area contributed by atoms with E-state index in [0.717, 1.165) is 38.5 Å². The number of ether oxygens (including phenoxy) is 6. The highest BCUT2D eigenvalue weighted by atomic mass is 16.8. The summed E-state index contributed by atoms with van der Waals surface area (Å²) >= 11 is 0. The van der Waals surface area contributed by atoms with Crippen molar-refractivity contribution in [2.24, 2.45) is 0 Å². The monoisotopic (exact) mass is 1130 g/mol. The Bertz CT molecular complexity index is 1540. The van der Waals surface area contributed by atoms with Crippen molar-refractivity contribution in [2.45, 2.75) is 324 Å². The van der Waals surface area contributed by atoms with Gasteiger partial charge in [-0.1, -0.05) is 212 Å². The van der Waals surface area contributed by atoms with Crippen LogP contribution in [0.1, 0.15) is 219 Å². The van der Waals surface area contributed by atoms with Gasteiger partial charge in [0.05, 0.1) is 38.6 Å². The molecule has 0 aromatic carbocycles. The lowest BCUT2D eigenvalue weighted by Crippen LogP contribution is -2.66. The van der Waals surface area contributed by atoms with Gasteiger partial charge in [0.15, 0.2) is 18.9 Å². The Morgan fingerprint density at radius 2 is 0.810 bits per heavy atom. The predicted octanol–water partition coefficient (Wildman–Crippen LogP) is 5.93. The van der Waals surface area contributed by atoms with Crippen LogP contribution in [0.25, 0.3) is 0 Å². The largest absolute Gasteiger partial charge is 0.394 e. The molecular formula is C60H111NO18. The molecule has 79 heavy (non-hydrogen) atoms. The molecule has 0 aliphatic carbocycles. The Kier molecular flexibility index (Phi) is 39.7. The molecule has 0 aromatic heterocycles. The number of allylic oxidation sites excluding steroid dienone is 3. The molecule has 3 rings (SSSR count). The Morgan fingerprint density at radius 3 is 1.24 bits per heavy atom. The number of hydrogen-bond donors (Lipinski definition) is 12. The fraction of sp³-hybridized carbons (Fsp3) is 0.917. The number of amides is 1. The van der Waals surface area contributed by atoms with Crippen LogP contribution in [0, 0.1) is 0 Å². The van der Waals surface area contributed by atoms with Crippen LogP contribution in [-0.4, -0.2) is 193 Å². The van der Waals surface area contributed by atoms with Crippen molar-refractivity contribution in [3.8, 4) is 0 Å². The van der Waals surface area contributed by atoms with Crippen LogP contribution >= 0.6 is 0 Å². The average Bonchev–Trinajstić information content (AvgIpc) is 3.48. The Balaban J connectivity index is 1.36. The summed E-state index contributed by atoms with van der Waals surface area (Å²) in [6.45, 7) is 1.59. The fourth-order valence-corrected chi connectivity index (χ4v) is 10.6. The number of carbonyl (C=O) groups is 1. The van der Waals surface area contributed by atoms with Crippen LogP contribution in [0.3, 0.4) is 0 Å². The third-order valence-electron chi connectivity index (χ3n) is 15.7. The normalized spacial score (nSPS) is 30.4. The smallest absolute Gasteiger partial charge is 0.220 e. The van der Waals surface area contributed by atoms with Crippen molar-refractivity contribution in [2.75, 3.05) is 26.4 Å². The van der Waals surface area contributed by atoms with Crippen LogP contribution in [0.4, 0.5) is 0 Å². The van der Waals surface area contributed by atoms with E-state index < -0.39 is 124 Å². The number of aliphatic hydroxyl groups excluding tert-OH is 11. The maximum Gasteiger partial charge on any atom is 0.220 e. The van der Waals surface area contributed by atoms with E-state index in [2.05, 4.69) is 31.3 Å². The third kappa shape index (κ3) is 27.7. The van der Waals surface area contributed by atoms with Gasteiger partial charge in [0.2, 0.25) is 5.91 Å². The molecule has 17 atom stereocenters. The number of carbonyl (C=O) groups excluding carboxylic acids is 1. The molecular weight excluding hydrogens is 1020 g/mol. The van der Waals surface area contributed by atoms with Crippen LogP contribution in [0.5, 0.6) is 0 Å². The summed E-state index contributed by atoms with van der Waals surface area (Å²) in [5.74, 6) is -0.287. The zero-order valence-corrected chi connectivity index (χ0v) is 48.4. The number of rotatable bonds is 46. The number of nitrogens with one attached hydrogen (secondary N) is 1. The first kappa shape index (κ1) is 71.5. The van der Waals surface area contributed by atoms with Crippen LogP contribution < -0.4 is 5.32 Å². The molecule has 0 bridgehead atoms. The quantitative estimate of drug-likeness (QED) is 0.0248. The van der Waals surface area contributed by atoms with Gasteiger partial charge < -0.3 is 89.9 Å². The number of aliphatic hydroxyl groups is 11. The molecule has 3 heterocycles. The van der Waals surface area contributed by atoms with Crippen molar-refractivity contribution in [1.29, 1.82) is 0 Å². The molecule has 0 radical (unpaired) electrons. The summed E-state index contributed by atoms with van der Waals surface area (Å²) in [5, 5.41) is 120. The van der Waals surface area contributed by atoms with E-state index in [-0.39, 0.29) is 18.9 Å². The van der Waals surface area contributed by atoms with Crippen LogP contribution in [-0.2, 0) is 33.2 Å². The minimum atomic E-state index is -1.98. The van der Waals surface area contributed by atoms with Gasteiger partial charge in [0, 0.05) is 6.42 Å². The number of hydrogen-bond acceptors (Lipinski definition) is 18. The van der Waals surface area contributed by atoms with E-state index in [9.17, 15) is 61.0 Å². The maximum absolute atomic E-state index is 13.3. The van der Waals surface area contributed by atoms with Crippen molar-refractivity contribution < 1.29 is 89.4 Å². The van der Waals surface area contributed by atoms with E-state index >= 15 is 0 Å². The van der Waals surface area contributed by atoms with E-state index in [0.29, 0.717) is 12.8 Å². The van der Waals surface area contributed by atoms with Gasteiger partial charge in [-0.05, 0) is 25.7 Å². The van der Waals surface area contributed by atoms with Gasteiger partial charge in [0.1, 0.15) is 73.2 Å². The molecule has 3 aliphatic heterocycles. The van der Waals surface area contributed by atoms with Crippen molar-refractivity contribution in [3.05, 3.63) is 24.3 Å². The average molecular weight is 1130 g/mol. The summed E-state index contributed by atoms with van der Waals surface area (Å²) in [5.41, 5.74) is 0.